The van der Waals surface area contributed by atoms with Crippen LogP contribution in [0.4, 0.5) is 5.69 Å². The van der Waals surface area contributed by atoms with Crippen molar-refractivity contribution in [3.8, 4) is 0 Å². The fraction of sp³-hybridized carbons (Fsp3) is 0.0833. The van der Waals surface area contributed by atoms with Crippen molar-refractivity contribution >= 4 is 28.9 Å². The minimum atomic E-state index is -2.46. The van der Waals surface area contributed by atoms with Gasteiger partial charge in [-0.05, 0) is 36.4 Å². The first-order valence-electron chi connectivity index (χ1n) is 9.35. The van der Waals surface area contributed by atoms with E-state index in [1.54, 1.807) is 60.7 Å². The Morgan fingerprint density at radius 1 is 0.867 bits per heavy atom. The van der Waals surface area contributed by atoms with Crippen molar-refractivity contribution < 1.29 is 19.8 Å². The molecule has 5 rings (SSSR count). The Kier molecular flexibility index (Phi) is 3.98. The third kappa shape index (κ3) is 2.25. The van der Waals surface area contributed by atoms with Gasteiger partial charge >= 0.3 is 0 Å². The van der Waals surface area contributed by atoms with Crippen LogP contribution in [0.25, 0.3) is 0 Å². The number of hydrogen-bond donors (Lipinski definition) is 2. The number of para-hydroxylation sites is 1. The van der Waals surface area contributed by atoms with E-state index in [1.165, 1.54) is 23.2 Å². The van der Waals surface area contributed by atoms with E-state index >= 15 is 0 Å². The van der Waals surface area contributed by atoms with Crippen molar-refractivity contribution in [1.29, 1.82) is 0 Å². The second kappa shape index (κ2) is 6.37. The molecule has 2 atom stereocenters. The van der Waals surface area contributed by atoms with E-state index in [9.17, 15) is 19.8 Å². The van der Waals surface area contributed by atoms with Gasteiger partial charge in [-0.1, -0.05) is 54.1 Å². The van der Waals surface area contributed by atoms with Crippen molar-refractivity contribution in [3.05, 3.63) is 112 Å². The summed E-state index contributed by atoms with van der Waals surface area (Å²) in [6, 6.07) is 21.4. The predicted octanol–water partition coefficient (Wildman–Crippen LogP) is 3.70. The van der Waals surface area contributed by atoms with Crippen LogP contribution in [0.3, 0.4) is 0 Å². The van der Waals surface area contributed by atoms with Gasteiger partial charge in [0.25, 0.3) is 0 Å². The molecule has 5 nitrogen and oxygen atoms in total. The molecule has 0 aromatic heterocycles. The number of ketones is 2. The molecule has 0 bridgehead atoms. The molecule has 1 aliphatic heterocycles. The van der Waals surface area contributed by atoms with Crippen molar-refractivity contribution in [1.82, 2.24) is 0 Å². The smallest absolute Gasteiger partial charge is 0.211 e. The van der Waals surface area contributed by atoms with Crippen LogP contribution in [0, 0.1) is 0 Å². The minimum absolute atomic E-state index is 0.179. The summed E-state index contributed by atoms with van der Waals surface area (Å²) >= 11 is 5.92. The van der Waals surface area contributed by atoms with Crippen LogP contribution in [-0.4, -0.2) is 27.4 Å². The van der Waals surface area contributed by atoms with Gasteiger partial charge in [0, 0.05) is 33.6 Å². The van der Waals surface area contributed by atoms with E-state index < -0.39 is 22.9 Å². The molecule has 1 heterocycles. The van der Waals surface area contributed by atoms with Gasteiger partial charge in [0.15, 0.2) is 5.78 Å². The summed E-state index contributed by atoms with van der Waals surface area (Å²) in [6.07, 6.45) is 1.36. The highest BCUT2D eigenvalue weighted by molar-refractivity contribution is 6.30. The summed E-state index contributed by atoms with van der Waals surface area (Å²) in [4.78, 5) is 28.1. The van der Waals surface area contributed by atoms with E-state index in [2.05, 4.69) is 0 Å². The van der Waals surface area contributed by atoms with Gasteiger partial charge in [-0.15, -0.1) is 0 Å². The fourth-order valence-corrected chi connectivity index (χ4v) is 4.42. The van der Waals surface area contributed by atoms with Crippen molar-refractivity contribution in [2.45, 2.75) is 11.3 Å². The molecule has 148 valence electrons. The Labute approximate surface area is 177 Å². The Morgan fingerprint density at radius 3 is 2.20 bits per heavy atom. The molecule has 0 spiro atoms. The number of hydrogen-bond acceptors (Lipinski definition) is 5. The van der Waals surface area contributed by atoms with E-state index in [1.807, 2.05) is 6.07 Å². The summed E-state index contributed by atoms with van der Waals surface area (Å²) in [5.74, 6) is -1.28. The van der Waals surface area contributed by atoms with Crippen LogP contribution in [0.2, 0.25) is 5.02 Å². The summed E-state index contributed by atoms with van der Waals surface area (Å²) in [5, 5.41) is 24.0. The lowest BCUT2D eigenvalue weighted by Crippen LogP contribution is -2.57. The second-order valence-corrected chi connectivity index (χ2v) is 7.78. The van der Waals surface area contributed by atoms with Gasteiger partial charge in [0.2, 0.25) is 17.1 Å². The first kappa shape index (κ1) is 18.8. The number of benzene rings is 3. The summed E-state index contributed by atoms with van der Waals surface area (Å²) in [6.45, 7) is 0. The molecule has 2 aliphatic rings. The highest BCUT2D eigenvalue weighted by Crippen LogP contribution is 2.55. The molecule has 3 aromatic rings. The van der Waals surface area contributed by atoms with E-state index in [0.29, 0.717) is 10.7 Å². The lowest BCUT2D eigenvalue weighted by atomic mass is 9.82. The number of fused-ring (bicyclic) bond motifs is 3. The summed E-state index contributed by atoms with van der Waals surface area (Å²) in [7, 11) is 0. The van der Waals surface area contributed by atoms with Crippen LogP contribution < -0.4 is 4.90 Å². The molecule has 30 heavy (non-hydrogen) atoms. The topological polar surface area (TPSA) is 77.8 Å². The lowest BCUT2D eigenvalue weighted by molar-refractivity contribution is -0.0878. The number of aliphatic hydroxyl groups is 2. The van der Waals surface area contributed by atoms with Gasteiger partial charge in [-0.2, -0.15) is 0 Å². The van der Waals surface area contributed by atoms with Crippen molar-refractivity contribution in [3.63, 3.8) is 0 Å². The Hall–Kier alpha value is -3.25. The van der Waals surface area contributed by atoms with Gasteiger partial charge in [0.05, 0.1) is 5.57 Å². The molecule has 0 radical (unpaired) electrons. The molecule has 2 N–H and O–H groups in total. The standard InChI is InChI=1S/C24H16ClNO4/c25-16-12-10-15(11-13-16)21(27)20-14-26(17-6-2-1-3-7-17)24(30)19-9-5-4-8-18(19)22(28)23(20,24)29/h1-14,29-30H/t23-,24+/m0/s1. The molecule has 0 amide bonds. The SMILES string of the molecule is O=C(C1=CN(c2ccccc2)[C@@]2(O)c3ccccc3C(=O)[C@@]12O)c1ccc(Cl)cc1. The largest absolute Gasteiger partial charge is 0.372 e. The highest BCUT2D eigenvalue weighted by atomic mass is 35.5. The van der Waals surface area contributed by atoms with Crippen LogP contribution in [-0.2, 0) is 5.72 Å². The number of anilines is 1. The molecule has 0 fully saturated rings. The van der Waals surface area contributed by atoms with Gasteiger partial charge in [-0.3, -0.25) is 9.59 Å². The summed E-state index contributed by atoms with van der Waals surface area (Å²) in [5.41, 5.74) is -3.60. The second-order valence-electron chi connectivity index (χ2n) is 7.34. The zero-order valence-electron chi connectivity index (χ0n) is 15.6. The number of Topliss-reactive ketones (excluding diaryl/α,β-unsaturated/α-hetero) is 2. The van der Waals surface area contributed by atoms with Crippen LogP contribution in [0.1, 0.15) is 26.3 Å². The first-order chi connectivity index (χ1) is 14.4. The quantitative estimate of drug-likeness (QED) is 0.635. The maximum absolute atomic E-state index is 13.4. The molecule has 0 unspecified atom stereocenters. The Balaban J connectivity index is 1.75. The third-order valence-electron chi connectivity index (χ3n) is 5.76. The van der Waals surface area contributed by atoms with Gasteiger partial charge in [0.1, 0.15) is 0 Å². The number of halogens is 1. The number of rotatable bonds is 3. The van der Waals surface area contributed by atoms with Crippen molar-refractivity contribution in [2.24, 2.45) is 0 Å². The molecule has 0 saturated heterocycles. The van der Waals surface area contributed by atoms with Gasteiger partial charge in [-0.25, -0.2) is 0 Å². The average molecular weight is 418 g/mol. The zero-order valence-corrected chi connectivity index (χ0v) is 16.4. The molecular weight excluding hydrogens is 402 g/mol. The molecule has 3 aromatic carbocycles. The molecular formula is C24H16ClNO4. The van der Waals surface area contributed by atoms with Crippen LogP contribution >= 0.6 is 11.6 Å². The molecule has 1 aliphatic carbocycles. The maximum atomic E-state index is 13.4. The van der Waals surface area contributed by atoms with Crippen LogP contribution in [0.15, 0.2) is 90.6 Å². The number of nitrogens with zero attached hydrogens (tertiary/aromatic N) is 1. The lowest BCUT2D eigenvalue weighted by Gasteiger charge is -2.39. The molecule has 0 saturated carbocycles. The van der Waals surface area contributed by atoms with Gasteiger partial charge < -0.3 is 15.1 Å². The predicted molar refractivity (Wildman–Crippen MR) is 112 cm³/mol. The van der Waals surface area contributed by atoms with E-state index in [-0.39, 0.29) is 22.3 Å². The monoisotopic (exact) mass is 417 g/mol. The number of carbonyl (C=O) groups is 2. The maximum Gasteiger partial charge on any atom is 0.211 e. The first-order valence-corrected chi connectivity index (χ1v) is 9.73. The highest BCUT2D eigenvalue weighted by Gasteiger charge is 2.71. The zero-order chi connectivity index (χ0) is 21.1. The molecule has 6 heteroatoms. The van der Waals surface area contributed by atoms with Crippen LogP contribution in [0.5, 0.6) is 0 Å². The Morgan fingerprint density at radius 2 is 1.50 bits per heavy atom. The number of carbonyl (C=O) groups excluding carboxylic acids is 2. The minimum Gasteiger partial charge on any atom is -0.372 e. The van der Waals surface area contributed by atoms with Crippen molar-refractivity contribution in [2.75, 3.05) is 4.90 Å². The van der Waals surface area contributed by atoms with E-state index in [0.717, 1.165) is 0 Å². The third-order valence-corrected chi connectivity index (χ3v) is 6.01. The summed E-state index contributed by atoms with van der Waals surface area (Å²) < 4.78 is 0. The average Bonchev–Trinajstić information content (AvgIpc) is 3.12. The van der Waals surface area contributed by atoms with E-state index in [4.69, 9.17) is 11.6 Å². The Bertz CT molecular complexity index is 1220. The normalized spacial score (nSPS) is 24.4. The fourth-order valence-electron chi connectivity index (χ4n) is 4.29.